The van der Waals surface area contributed by atoms with Crippen LogP contribution in [0.3, 0.4) is 0 Å². The summed E-state index contributed by atoms with van der Waals surface area (Å²) in [5, 5.41) is 10.8. The average molecular weight is 476 g/mol. The van der Waals surface area contributed by atoms with Crippen molar-refractivity contribution in [2.45, 2.75) is 49.8 Å². The zero-order valence-corrected chi connectivity index (χ0v) is 19.9. The second kappa shape index (κ2) is 12.5. The summed E-state index contributed by atoms with van der Waals surface area (Å²) in [5.74, 6) is 1.90. The van der Waals surface area contributed by atoms with Gasteiger partial charge < -0.3 is 18.5 Å². The molecule has 2 aliphatic carbocycles. The predicted molar refractivity (Wildman–Crippen MR) is 139 cm³/mol. The summed E-state index contributed by atoms with van der Waals surface area (Å²) in [6, 6.07) is 19.6. The van der Waals surface area contributed by atoms with Crippen molar-refractivity contribution in [3.8, 4) is 5.95 Å². The highest BCUT2D eigenvalue weighted by molar-refractivity contribution is 6.21. The van der Waals surface area contributed by atoms with E-state index in [-0.39, 0.29) is 0 Å². The van der Waals surface area contributed by atoms with E-state index < -0.39 is 0 Å². The fourth-order valence-electron chi connectivity index (χ4n) is 4.07. The number of hydrogen-bond donors (Lipinski definition) is 1. The van der Waals surface area contributed by atoms with Crippen LogP contribution in [-0.4, -0.2) is 18.1 Å². The number of benzene rings is 2. The molecule has 175 valence electrons. The average Bonchev–Trinajstić information content (AvgIpc) is 3.50. The largest absolute Gasteiger partial charge is 0.571 e. The molecule has 2 heterocycles. The third-order valence-corrected chi connectivity index (χ3v) is 6.20. The van der Waals surface area contributed by atoms with Gasteiger partial charge in [0, 0.05) is 22.8 Å². The van der Waals surface area contributed by atoms with Crippen molar-refractivity contribution < 1.29 is 18.5 Å². The van der Waals surface area contributed by atoms with Gasteiger partial charge >= 0.3 is 7.69 Å². The molecule has 6 heteroatoms. The topological polar surface area (TPSA) is 55.7 Å². The van der Waals surface area contributed by atoms with E-state index >= 15 is 0 Å². The monoisotopic (exact) mass is 475 g/mol. The fraction of sp³-hybridized carbons (Fsp3) is 0.286. The Balaban J connectivity index is 0.000000129. The van der Waals surface area contributed by atoms with Crippen LogP contribution in [0.25, 0.3) is 21.9 Å². The van der Waals surface area contributed by atoms with Gasteiger partial charge in [-0.3, -0.25) is 0 Å². The molecule has 1 radical (unpaired) electrons. The van der Waals surface area contributed by atoms with Gasteiger partial charge in [-0.1, -0.05) is 60.7 Å². The molecule has 6 rings (SSSR count). The minimum atomic E-state index is 0.290. The number of alkyl halides is 1. The van der Waals surface area contributed by atoms with Gasteiger partial charge in [0.25, 0.3) is 5.95 Å². The minimum absolute atomic E-state index is 0.290. The van der Waals surface area contributed by atoms with Gasteiger partial charge in [-0.15, -0.1) is 11.6 Å². The number of fused-ring (bicyclic) bond motifs is 2. The van der Waals surface area contributed by atoms with E-state index in [2.05, 4.69) is 47.2 Å². The molecule has 4 nitrogen and oxygen atoms in total. The Morgan fingerprint density at radius 2 is 1.47 bits per heavy atom. The lowest BCUT2D eigenvalue weighted by Crippen LogP contribution is -1.97. The molecule has 2 atom stereocenters. The smallest absolute Gasteiger partial charge is 0.510 e. The van der Waals surface area contributed by atoms with Crippen LogP contribution in [0.4, 0.5) is 0 Å². The maximum atomic E-state index is 8.34. The third-order valence-electron chi connectivity index (χ3n) is 5.83. The van der Waals surface area contributed by atoms with Gasteiger partial charge in [0.05, 0.1) is 5.38 Å². The van der Waals surface area contributed by atoms with Gasteiger partial charge in [-0.2, -0.15) is 0 Å². The molecule has 34 heavy (non-hydrogen) atoms. The van der Waals surface area contributed by atoms with Crippen LogP contribution >= 0.6 is 11.6 Å². The van der Waals surface area contributed by atoms with E-state index in [1.165, 1.54) is 37.5 Å². The second-order valence-corrected chi connectivity index (χ2v) is 8.91. The fourth-order valence-corrected chi connectivity index (χ4v) is 4.33. The van der Waals surface area contributed by atoms with Gasteiger partial charge in [0.2, 0.25) is 0 Å². The van der Waals surface area contributed by atoms with E-state index in [1.807, 2.05) is 36.4 Å². The van der Waals surface area contributed by atoms with Gasteiger partial charge in [-0.05, 0) is 56.7 Å². The van der Waals surface area contributed by atoms with Crippen LogP contribution in [0.15, 0.2) is 93.8 Å². The Morgan fingerprint density at radius 3 is 2.00 bits per heavy atom. The first-order valence-corrected chi connectivity index (χ1v) is 12.2. The number of allylic oxidation sites excluding steroid dienone is 4. The molecule has 0 saturated heterocycles. The number of para-hydroxylation sites is 2. The van der Waals surface area contributed by atoms with E-state index in [1.54, 1.807) is 6.07 Å². The van der Waals surface area contributed by atoms with Crippen LogP contribution in [0, 0.1) is 0 Å². The molecule has 1 N–H and O–H groups in total. The standard InChI is InChI=1S/C14H14O.C8H6BO3.C6H9Cl/c1-2-6-11(7-3-1)14-10-12-8-4-5-9-13(12)15-14;10-9-12-8-5-6-3-1-2-4-7(6)11-8;7-6-4-2-1-3-5-6/h2,4-6,8-11H,1,3,7H2;1-5,10H;2,4,6H,1,3,5H2/t11-;;/m0../s1. The molecule has 0 bridgehead atoms. The molecule has 1 unspecified atom stereocenters. The van der Waals surface area contributed by atoms with Crippen molar-refractivity contribution in [1.82, 2.24) is 0 Å². The lowest BCUT2D eigenvalue weighted by Gasteiger charge is -2.12. The molecular formula is C28H29BClO4. The Hall–Kier alpha value is -2.89. The second-order valence-electron chi connectivity index (χ2n) is 8.35. The summed E-state index contributed by atoms with van der Waals surface area (Å²) in [4.78, 5) is 0. The Bertz CT molecular complexity index is 1160. The first-order valence-electron chi connectivity index (χ1n) is 11.8. The lowest BCUT2D eigenvalue weighted by atomic mass is 9.94. The summed E-state index contributed by atoms with van der Waals surface area (Å²) >= 11 is 5.73. The van der Waals surface area contributed by atoms with E-state index in [0.29, 0.717) is 24.9 Å². The maximum absolute atomic E-state index is 8.34. The van der Waals surface area contributed by atoms with Gasteiger partial charge in [0.15, 0.2) is 0 Å². The zero-order chi connectivity index (χ0) is 23.6. The summed E-state index contributed by atoms with van der Waals surface area (Å²) in [6.45, 7) is 0. The lowest BCUT2D eigenvalue weighted by molar-refractivity contribution is 0.371. The van der Waals surface area contributed by atoms with Crippen LogP contribution < -0.4 is 4.65 Å². The molecule has 2 aliphatic rings. The molecule has 0 fully saturated rings. The molecule has 0 spiro atoms. The number of halogens is 1. The molecule has 0 amide bonds. The van der Waals surface area contributed by atoms with Gasteiger partial charge in [0.1, 0.15) is 16.9 Å². The minimum Gasteiger partial charge on any atom is -0.510 e. The van der Waals surface area contributed by atoms with Crippen molar-refractivity contribution in [1.29, 1.82) is 0 Å². The Kier molecular flexibility index (Phi) is 8.94. The summed E-state index contributed by atoms with van der Waals surface area (Å²) in [7, 11) is 0.595. The van der Waals surface area contributed by atoms with Crippen LogP contribution in [-0.2, 0) is 0 Å². The maximum Gasteiger partial charge on any atom is 0.571 e. The molecule has 2 aromatic heterocycles. The summed E-state index contributed by atoms with van der Waals surface area (Å²) in [6.07, 6.45) is 16.1. The predicted octanol–water partition coefficient (Wildman–Crippen LogP) is 7.93. The highest BCUT2D eigenvalue weighted by atomic mass is 35.5. The summed E-state index contributed by atoms with van der Waals surface area (Å²) < 4.78 is 15.7. The van der Waals surface area contributed by atoms with E-state index in [4.69, 9.17) is 25.5 Å². The zero-order valence-electron chi connectivity index (χ0n) is 19.1. The van der Waals surface area contributed by atoms with Crippen molar-refractivity contribution >= 4 is 41.2 Å². The van der Waals surface area contributed by atoms with Crippen molar-refractivity contribution in [2.24, 2.45) is 0 Å². The summed E-state index contributed by atoms with van der Waals surface area (Å²) in [5.41, 5.74) is 1.75. The highest BCUT2D eigenvalue weighted by Gasteiger charge is 2.15. The number of hydrogen-bond acceptors (Lipinski definition) is 4. The van der Waals surface area contributed by atoms with Gasteiger partial charge in [-0.25, -0.2) is 0 Å². The number of furan rings is 2. The first-order chi connectivity index (χ1) is 16.7. The quantitative estimate of drug-likeness (QED) is 0.186. The van der Waals surface area contributed by atoms with Crippen LogP contribution in [0.1, 0.15) is 50.2 Å². The van der Waals surface area contributed by atoms with Crippen LogP contribution in [0.2, 0.25) is 0 Å². The van der Waals surface area contributed by atoms with Crippen molar-refractivity contribution in [2.75, 3.05) is 0 Å². The van der Waals surface area contributed by atoms with Crippen molar-refractivity contribution in [3.05, 3.63) is 90.7 Å². The Labute approximate surface area is 206 Å². The van der Waals surface area contributed by atoms with Crippen LogP contribution in [0.5, 0.6) is 5.95 Å². The molecule has 0 saturated carbocycles. The SMILES string of the molecule is C1=C[C@H](c2cc3ccccc3o2)CCC1.ClC1C=CCCC1.O[B]Oc1cc2ccccc2o1. The third kappa shape index (κ3) is 6.81. The number of rotatable bonds is 3. The van der Waals surface area contributed by atoms with E-state index in [9.17, 15) is 0 Å². The van der Waals surface area contributed by atoms with Crippen molar-refractivity contribution in [3.63, 3.8) is 0 Å². The van der Waals surface area contributed by atoms with E-state index in [0.717, 1.165) is 28.7 Å². The molecule has 0 aliphatic heterocycles. The Morgan fingerprint density at radius 1 is 0.824 bits per heavy atom. The highest BCUT2D eigenvalue weighted by Crippen LogP contribution is 2.31. The molecule has 4 aromatic rings. The molecular weight excluding hydrogens is 447 g/mol. The first kappa shape index (κ1) is 24.2. The molecule has 2 aromatic carbocycles. The normalized spacial score (nSPS) is 19.1.